The lowest BCUT2D eigenvalue weighted by Gasteiger charge is -2.62. The molecule has 6 saturated carbocycles. The van der Waals surface area contributed by atoms with E-state index in [4.69, 9.17) is 4.74 Å². The molecule has 3 heteroatoms. The van der Waals surface area contributed by atoms with Gasteiger partial charge in [-0.3, -0.25) is 9.59 Å². The fraction of sp³-hybridized carbons (Fsp3) is 0.846. The van der Waals surface area contributed by atoms with Crippen molar-refractivity contribution in [3.05, 3.63) is 11.6 Å². The van der Waals surface area contributed by atoms with Crippen molar-refractivity contribution in [2.24, 2.45) is 57.7 Å². The molecule has 8 rings (SSSR count). The largest absolute Gasteiger partial charge is 0.458 e. The third-order valence-electron chi connectivity index (χ3n) is 12.2. The normalized spacial score (nSPS) is 61.9. The Kier molecular flexibility index (Phi) is 2.52. The van der Waals surface area contributed by atoms with Crippen LogP contribution in [-0.2, 0) is 14.3 Å². The maximum absolute atomic E-state index is 12.7. The summed E-state index contributed by atoms with van der Waals surface area (Å²) in [5, 5.41) is 0. The Morgan fingerprint density at radius 2 is 1.79 bits per heavy atom. The highest BCUT2D eigenvalue weighted by Gasteiger charge is 2.81. The average Bonchev–Trinajstić information content (AvgIpc) is 3.57. The lowest BCUT2D eigenvalue weighted by Crippen LogP contribution is -2.58. The van der Waals surface area contributed by atoms with E-state index >= 15 is 0 Å². The van der Waals surface area contributed by atoms with Gasteiger partial charge in [-0.2, -0.15) is 0 Å². The molecule has 154 valence electrons. The summed E-state index contributed by atoms with van der Waals surface area (Å²) in [6.07, 6.45) is 12.6. The first-order valence-corrected chi connectivity index (χ1v) is 12.3. The smallest absolute Gasteiger partial charge is 0.306 e. The monoisotopic (exact) mass is 392 g/mol. The van der Waals surface area contributed by atoms with E-state index in [1.54, 1.807) is 5.57 Å². The zero-order valence-electron chi connectivity index (χ0n) is 17.7. The van der Waals surface area contributed by atoms with Crippen LogP contribution in [0.1, 0.15) is 71.6 Å². The molecular weight excluding hydrogens is 360 g/mol. The van der Waals surface area contributed by atoms with Gasteiger partial charge in [0, 0.05) is 23.7 Å². The van der Waals surface area contributed by atoms with Gasteiger partial charge in [0.25, 0.3) is 0 Å². The van der Waals surface area contributed by atoms with Crippen molar-refractivity contribution in [2.45, 2.75) is 77.2 Å². The summed E-state index contributed by atoms with van der Waals surface area (Å²) < 4.78 is 6.26. The van der Waals surface area contributed by atoms with Crippen molar-refractivity contribution < 1.29 is 14.3 Å². The van der Waals surface area contributed by atoms with E-state index in [0.717, 1.165) is 36.5 Å². The molecule has 0 radical (unpaired) electrons. The fourth-order valence-corrected chi connectivity index (χ4v) is 10.8. The Bertz CT molecular complexity index is 928. The van der Waals surface area contributed by atoms with Gasteiger partial charge in [-0.25, -0.2) is 0 Å². The maximum atomic E-state index is 12.7. The van der Waals surface area contributed by atoms with Crippen LogP contribution in [0.2, 0.25) is 0 Å². The van der Waals surface area contributed by atoms with Crippen molar-refractivity contribution in [1.82, 2.24) is 0 Å². The summed E-state index contributed by atoms with van der Waals surface area (Å²) in [5.41, 5.74) is 2.26. The first kappa shape index (κ1) is 16.6. The van der Waals surface area contributed by atoms with E-state index < -0.39 is 0 Å². The molecule has 29 heavy (non-hydrogen) atoms. The highest BCUT2D eigenvalue weighted by Crippen LogP contribution is 2.83. The van der Waals surface area contributed by atoms with Gasteiger partial charge in [-0.15, -0.1) is 0 Å². The molecule has 10 atom stereocenters. The second kappa shape index (κ2) is 4.41. The quantitative estimate of drug-likeness (QED) is 0.562. The third-order valence-corrected chi connectivity index (χ3v) is 12.2. The van der Waals surface area contributed by atoms with E-state index in [9.17, 15) is 9.59 Å². The highest BCUT2D eigenvalue weighted by atomic mass is 16.6. The van der Waals surface area contributed by atoms with Crippen LogP contribution in [0.15, 0.2) is 11.6 Å². The minimum atomic E-state index is -0.136. The van der Waals surface area contributed by atoms with Gasteiger partial charge in [0.2, 0.25) is 0 Å². The Morgan fingerprint density at radius 1 is 0.966 bits per heavy atom. The third kappa shape index (κ3) is 1.57. The first-order valence-electron chi connectivity index (χ1n) is 12.3. The molecule has 1 aliphatic heterocycles. The van der Waals surface area contributed by atoms with E-state index in [1.807, 2.05) is 0 Å². The topological polar surface area (TPSA) is 43.4 Å². The van der Waals surface area contributed by atoms with E-state index in [-0.39, 0.29) is 22.4 Å². The summed E-state index contributed by atoms with van der Waals surface area (Å²) >= 11 is 0. The van der Waals surface area contributed by atoms with Gasteiger partial charge in [0.05, 0.1) is 0 Å². The van der Waals surface area contributed by atoms with Crippen LogP contribution in [0, 0.1) is 57.7 Å². The molecule has 0 aromatic carbocycles. The summed E-state index contributed by atoms with van der Waals surface area (Å²) in [6, 6.07) is 0. The Hall–Kier alpha value is -1.12. The van der Waals surface area contributed by atoms with E-state index in [2.05, 4.69) is 19.9 Å². The maximum Gasteiger partial charge on any atom is 0.306 e. The van der Waals surface area contributed by atoms with Crippen LogP contribution < -0.4 is 0 Å². The van der Waals surface area contributed by atoms with Crippen LogP contribution in [0.3, 0.4) is 0 Å². The standard InChI is InChI=1S/C26H32O3/c1-23-5-3-16-15(22(23)14-10-18(14)26(23)6-4-21(28)29-26)12-25(7-8-25)20-11-19(27)13-9-17(13)24(16,20)2/h11,13-18,22H,3-10,12H2,1-2H3/t13?,14-,15?,16?,17?,18+,22?,23+,24+,26?/m1/s1. The van der Waals surface area contributed by atoms with Crippen molar-refractivity contribution in [2.75, 3.05) is 0 Å². The van der Waals surface area contributed by atoms with Gasteiger partial charge >= 0.3 is 5.97 Å². The number of carbonyl (C=O) groups is 2. The Morgan fingerprint density at radius 3 is 2.52 bits per heavy atom. The highest BCUT2D eigenvalue weighted by molar-refractivity contribution is 5.96. The van der Waals surface area contributed by atoms with Crippen molar-refractivity contribution in [1.29, 1.82) is 0 Å². The minimum Gasteiger partial charge on any atom is -0.458 e. The molecule has 3 nitrogen and oxygen atoms in total. The summed E-state index contributed by atoms with van der Waals surface area (Å²) in [4.78, 5) is 24.9. The molecule has 0 aromatic rings. The predicted molar refractivity (Wildman–Crippen MR) is 107 cm³/mol. The second-order valence-electron chi connectivity index (χ2n) is 12.8. The summed E-state index contributed by atoms with van der Waals surface area (Å²) in [7, 11) is 0. The summed E-state index contributed by atoms with van der Waals surface area (Å²) in [5.74, 6) is 5.18. The first-order chi connectivity index (χ1) is 13.8. The number of esters is 1. The molecular formula is C26H32O3. The molecule has 2 spiro atoms. The van der Waals surface area contributed by atoms with Gasteiger partial charge in [0.15, 0.2) is 5.78 Å². The molecule has 6 unspecified atom stereocenters. The lowest BCUT2D eigenvalue weighted by molar-refractivity contribution is -0.178. The molecule has 8 aliphatic rings. The van der Waals surface area contributed by atoms with E-state index in [1.165, 1.54) is 38.5 Å². The lowest BCUT2D eigenvalue weighted by atomic mass is 9.42. The van der Waals surface area contributed by atoms with Crippen molar-refractivity contribution in [3.8, 4) is 0 Å². The SMILES string of the molecule is C[C@@]12C(=CC(=O)C3CC31)C1(CC1)CC1C2CC[C@@]2(C)C1[C@@H]1C[C@@H]1C21CCC(=O)O1. The zero-order chi connectivity index (χ0) is 19.6. The minimum absolute atomic E-state index is 0.0609. The number of hydrogen-bond acceptors (Lipinski definition) is 3. The molecule has 0 amide bonds. The average molecular weight is 393 g/mol. The van der Waals surface area contributed by atoms with Crippen LogP contribution in [0.5, 0.6) is 0 Å². The molecule has 1 saturated heterocycles. The van der Waals surface area contributed by atoms with Crippen molar-refractivity contribution in [3.63, 3.8) is 0 Å². The predicted octanol–water partition coefficient (Wildman–Crippen LogP) is 4.70. The number of ketones is 1. The molecule has 7 aliphatic carbocycles. The number of ether oxygens (including phenoxy) is 1. The van der Waals surface area contributed by atoms with Crippen LogP contribution in [-0.4, -0.2) is 17.4 Å². The fourth-order valence-electron chi connectivity index (χ4n) is 10.8. The van der Waals surface area contributed by atoms with Gasteiger partial charge in [0.1, 0.15) is 5.60 Å². The van der Waals surface area contributed by atoms with Gasteiger partial charge in [-0.1, -0.05) is 19.4 Å². The number of allylic oxidation sites excluding steroid dienone is 1. The molecule has 0 aromatic heterocycles. The van der Waals surface area contributed by atoms with Gasteiger partial charge in [-0.05, 0) is 97.9 Å². The number of fused-ring (bicyclic) bond motifs is 12. The van der Waals surface area contributed by atoms with Crippen molar-refractivity contribution >= 4 is 11.8 Å². The zero-order valence-corrected chi connectivity index (χ0v) is 17.7. The second-order valence-corrected chi connectivity index (χ2v) is 12.8. The summed E-state index contributed by atoms with van der Waals surface area (Å²) in [6.45, 7) is 5.08. The van der Waals surface area contributed by atoms with E-state index in [0.29, 0.717) is 35.4 Å². The molecule has 0 N–H and O–H groups in total. The number of carbonyl (C=O) groups excluding carboxylic acids is 2. The molecule has 7 fully saturated rings. The molecule has 0 bridgehead atoms. The Balaban J connectivity index is 1.26. The number of rotatable bonds is 0. The van der Waals surface area contributed by atoms with Gasteiger partial charge < -0.3 is 4.74 Å². The van der Waals surface area contributed by atoms with Crippen LogP contribution >= 0.6 is 0 Å². The Labute approximate surface area is 173 Å². The van der Waals surface area contributed by atoms with Crippen LogP contribution in [0.25, 0.3) is 0 Å². The number of hydrogen-bond donors (Lipinski definition) is 0. The molecule has 1 heterocycles. The van der Waals surface area contributed by atoms with Crippen LogP contribution in [0.4, 0.5) is 0 Å².